The van der Waals surface area contributed by atoms with Crippen LogP contribution in [0.15, 0.2) is 60.8 Å². The lowest BCUT2D eigenvalue weighted by atomic mass is 9.95. The zero-order valence-electron chi connectivity index (χ0n) is 17.6. The highest BCUT2D eigenvalue weighted by molar-refractivity contribution is 5.88. The quantitative estimate of drug-likeness (QED) is 0.529. The summed E-state index contributed by atoms with van der Waals surface area (Å²) in [5, 5.41) is 6.98. The van der Waals surface area contributed by atoms with Crippen LogP contribution in [0.4, 0.5) is 4.79 Å². The lowest BCUT2D eigenvalue weighted by molar-refractivity contribution is -0.124. The predicted molar refractivity (Wildman–Crippen MR) is 121 cm³/mol. The third-order valence-electron chi connectivity index (χ3n) is 5.87. The maximum Gasteiger partial charge on any atom is 0.408 e. The zero-order valence-corrected chi connectivity index (χ0v) is 17.6. The molecule has 31 heavy (non-hydrogen) atoms. The van der Waals surface area contributed by atoms with Crippen LogP contribution in [-0.4, -0.2) is 29.1 Å². The van der Waals surface area contributed by atoms with E-state index in [2.05, 4.69) is 15.6 Å². The molecule has 1 saturated carbocycles. The maximum atomic E-state index is 13.1. The van der Waals surface area contributed by atoms with E-state index >= 15 is 0 Å². The molecular weight excluding hydrogens is 390 g/mol. The van der Waals surface area contributed by atoms with Gasteiger partial charge >= 0.3 is 6.09 Å². The van der Waals surface area contributed by atoms with E-state index < -0.39 is 12.1 Å². The first kappa shape index (κ1) is 21.0. The smallest absolute Gasteiger partial charge is 0.408 e. The van der Waals surface area contributed by atoms with Crippen LogP contribution >= 0.6 is 0 Å². The van der Waals surface area contributed by atoms with Gasteiger partial charge < -0.3 is 20.4 Å². The fourth-order valence-corrected chi connectivity index (χ4v) is 4.19. The van der Waals surface area contributed by atoms with Crippen molar-refractivity contribution in [3.8, 4) is 0 Å². The molecule has 2 amide bonds. The number of amides is 2. The van der Waals surface area contributed by atoms with E-state index in [0.29, 0.717) is 6.42 Å². The summed E-state index contributed by atoms with van der Waals surface area (Å²) >= 11 is 0. The molecule has 4 rings (SSSR count). The predicted octanol–water partition coefficient (Wildman–Crippen LogP) is 4.45. The minimum Gasteiger partial charge on any atom is -0.445 e. The number of alkyl carbamates (subject to hydrolysis) is 1. The molecule has 1 aliphatic rings. The molecule has 0 radical (unpaired) electrons. The molecule has 1 aromatic heterocycles. The molecule has 3 aromatic rings. The van der Waals surface area contributed by atoms with Crippen molar-refractivity contribution in [2.75, 3.05) is 0 Å². The van der Waals surface area contributed by atoms with Crippen LogP contribution in [0.25, 0.3) is 10.9 Å². The first-order valence-corrected chi connectivity index (χ1v) is 11.0. The Hall–Kier alpha value is -3.28. The number of hydrogen-bond acceptors (Lipinski definition) is 3. The van der Waals surface area contributed by atoms with Gasteiger partial charge in [-0.05, 0) is 30.0 Å². The lowest BCUT2D eigenvalue weighted by Crippen LogP contribution is -2.51. The zero-order chi connectivity index (χ0) is 21.5. The van der Waals surface area contributed by atoms with E-state index in [1.807, 2.05) is 60.8 Å². The number of aromatic nitrogens is 1. The van der Waals surface area contributed by atoms with Crippen LogP contribution in [-0.2, 0) is 22.6 Å². The van der Waals surface area contributed by atoms with Gasteiger partial charge in [-0.1, -0.05) is 67.8 Å². The summed E-state index contributed by atoms with van der Waals surface area (Å²) < 4.78 is 5.37. The molecule has 162 valence electrons. The van der Waals surface area contributed by atoms with E-state index in [-0.39, 0.29) is 18.6 Å². The summed E-state index contributed by atoms with van der Waals surface area (Å²) in [6.45, 7) is 0.163. The Morgan fingerprint density at radius 1 is 1.00 bits per heavy atom. The Balaban J connectivity index is 1.44. The Bertz CT molecular complexity index is 1010. The highest BCUT2D eigenvalue weighted by Gasteiger charge is 2.26. The average Bonchev–Trinajstić information content (AvgIpc) is 3.21. The normalized spacial score (nSPS) is 15.4. The number of rotatable bonds is 7. The highest BCUT2D eigenvalue weighted by atomic mass is 16.5. The summed E-state index contributed by atoms with van der Waals surface area (Å²) in [7, 11) is 0. The van der Waals surface area contributed by atoms with Crippen molar-refractivity contribution in [1.82, 2.24) is 15.6 Å². The number of H-pyrrole nitrogens is 1. The summed E-state index contributed by atoms with van der Waals surface area (Å²) in [4.78, 5) is 28.8. The van der Waals surface area contributed by atoms with Gasteiger partial charge in [0.05, 0.1) is 0 Å². The van der Waals surface area contributed by atoms with E-state index in [0.717, 1.165) is 47.7 Å². The Labute approximate surface area is 182 Å². The molecular formula is C25H29N3O3. The van der Waals surface area contributed by atoms with Crippen LogP contribution in [0.5, 0.6) is 0 Å². The first-order valence-electron chi connectivity index (χ1n) is 11.0. The summed E-state index contributed by atoms with van der Waals surface area (Å²) in [5.41, 5.74) is 2.90. The number of carbonyl (C=O) groups is 2. The van der Waals surface area contributed by atoms with Gasteiger partial charge in [0.1, 0.15) is 12.6 Å². The number of nitrogens with one attached hydrogen (secondary N) is 3. The molecule has 0 bridgehead atoms. The maximum absolute atomic E-state index is 13.1. The van der Waals surface area contributed by atoms with Crippen molar-refractivity contribution in [1.29, 1.82) is 0 Å². The molecule has 6 heteroatoms. The van der Waals surface area contributed by atoms with E-state index in [4.69, 9.17) is 4.74 Å². The number of ether oxygens (including phenoxy) is 1. The number of fused-ring (bicyclic) bond motifs is 1. The molecule has 0 spiro atoms. The topological polar surface area (TPSA) is 83.2 Å². The van der Waals surface area contributed by atoms with Crippen LogP contribution in [0.1, 0.15) is 43.2 Å². The fraction of sp³-hybridized carbons (Fsp3) is 0.360. The van der Waals surface area contributed by atoms with Gasteiger partial charge in [0, 0.05) is 29.6 Å². The van der Waals surface area contributed by atoms with Crippen LogP contribution in [0.3, 0.4) is 0 Å². The molecule has 1 atom stereocenters. The molecule has 2 aromatic carbocycles. The third-order valence-corrected chi connectivity index (χ3v) is 5.87. The molecule has 1 aliphatic carbocycles. The SMILES string of the molecule is O=C(NC(Cc1c[nH]c2ccccc12)C(=O)NC1CCCCC1)OCc1ccccc1. The largest absolute Gasteiger partial charge is 0.445 e. The minimum absolute atomic E-state index is 0.158. The van der Waals surface area contributed by atoms with E-state index in [1.54, 1.807) is 0 Å². The summed E-state index contributed by atoms with van der Waals surface area (Å²) in [6.07, 6.45) is 7.16. The summed E-state index contributed by atoms with van der Waals surface area (Å²) in [5.74, 6) is -0.158. The van der Waals surface area contributed by atoms with Crippen molar-refractivity contribution in [2.45, 2.75) is 57.2 Å². The van der Waals surface area contributed by atoms with Crippen molar-refractivity contribution < 1.29 is 14.3 Å². The van der Waals surface area contributed by atoms with Crippen LogP contribution in [0, 0.1) is 0 Å². The fourth-order valence-electron chi connectivity index (χ4n) is 4.19. The van der Waals surface area contributed by atoms with Crippen molar-refractivity contribution >= 4 is 22.9 Å². The minimum atomic E-state index is -0.704. The number of aromatic amines is 1. The molecule has 1 unspecified atom stereocenters. The Morgan fingerprint density at radius 2 is 1.74 bits per heavy atom. The molecule has 3 N–H and O–H groups in total. The van der Waals surface area contributed by atoms with Gasteiger partial charge in [-0.15, -0.1) is 0 Å². The Kier molecular flexibility index (Phi) is 6.87. The van der Waals surface area contributed by atoms with Gasteiger partial charge in [-0.25, -0.2) is 4.79 Å². The van der Waals surface area contributed by atoms with Gasteiger partial charge in [0.15, 0.2) is 0 Å². The third kappa shape index (κ3) is 5.66. The second kappa shape index (κ2) is 10.2. The first-order chi connectivity index (χ1) is 15.2. The lowest BCUT2D eigenvalue weighted by Gasteiger charge is -2.26. The van der Waals surface area contributed by atoms with Crippen LogP contribution in [0.2, 0.25) is 0 Å². The van der Waals surface area contributed by atoms with Gasteiger partial charge in [0.25, 0.3) is 0 Å². The second-order valence-corrected chi connectivity index (χ2v) is 8.17. The standard InChI is InChI=1S/C25H29N3O3/c29-24(27-20-11-5-2-6-12-20)23(15-19-16-26-22-14-8-7-13-21(19)22)28-25(30)31-17-18-9-3-1-4-10-18/h1,3-4,7-10,13-14,16,20,23,26H,2,5-6,11-12,15,17H2,(H,27,29)(H,28,30). The monoisotopic (exact) mass is 419 g/mol. The van der Waals surface area contributed by atoms with Crippen molar-refractivity contribution in [3.05, 3.63) is 71.9 Å². The second-order valence-electron chi connectivity index (χ2n) is 8.17. The van der Waals surface area contributed by atoms with Gasteiger partial charge in [-0.2, -0.15) is 0 Å². The average molecular weight is 420 g/mol. The number of para-hydroxylation sites is 1. The molecule has 6 nitrogen and oxygen atoms in total. The highest BCUT2D eigenvalue weighted by Crippen LogP contribution is 2.20. The van der Waals surface area contributed by atoms with Crippen molar-refractivity contribution in [2.24, 2.45) is 0 Å². The molecule has 1 heterocycles. The van der Waals surface area contributed by atoms with E-state index in [1.165, 1.54) is 6.42 Å². The van der Waals surface area contributed by atoms with Gasteiger partial charge in [-0.3, -0.25) is 4.79 Å². The van der Waals surface area contributed by atoms with Crippen LogP contribution < -0.4 is 10.6 Å². The molecule has 0 aliphatic heterocycles. The number of hydrogen-bond donors (Lipinski definition) is 3. The molecule has 1 fully saturated rings. The van der Waals surface area contributed by atoms with Crippen molar-refractivity contribution in [3.63, 3.8) is 0 Å². The Morgan fingerprint density at radius 3 is 2.55 bits per heavy atom. The van der Waals surface area contributed by atoms with Gasteiger partial charge in [0.2, 0.25) is 5.91 Å². The number of carbonyl (C=O) groups excluding carboxylic acids is 2. The summed E-state index contributed by atoms with van der Waals surface area (Å²) in [6, 6.07) is 16.9. The molecule has 0 saturated heterocycles. The van der Waals surface area contributed by atoms with E-state index in [9.17, 15) is 9.59 Å². The number of benzene rings is 2.